The van der Waals surface area contributed by atoms with Crippen LogP contribution in [0.5, 0.6) is 0 Å². The van der Waals surface area contributed by atoms with E-state index < -0.39 is 5.97 Å². The zero-order chi connectivity index (χ0) is 18.4. The second-order valence-corrected chi connectivity index (χ2v) is 7.95. The van der Waals surface area contributed by atoms with Gasteiger partial charge in [-0.2, -0.15) is 0 Å². The third kappa shape index (κ3) is 6.63. The van der Waals surface area contributed by atoms with E-state index in [9.17, 15) is 0 Å². The van der Waals surface area contributed by atoms with Crippen LogP contribution in [0.25, 0.3) is 20.4 Å². The summed E-state index contributed by atoms with van der Waals surface area (Å²) in [5, 5.41) is 8.97. The molecule has 2 aromatic heterocycles. The number of aromatic nitrogens is 2. The molecule has 2 N–H and O–H groups in total. The van der Waals surface area contributed by atoms with Crippen molar-refractivity contribution in [2.45, 2.75) is 6.92 Å². The van der Waals surface area contributed by atoms with Crippen molar-refractivity contribution in [1.82, 2.24) is 9.97 Å². The number of carbonyl (C=O) groups is 1. The molecule has 0 aliphatic carbocycles. The van der Waals surface area contributed by atoms with Crippen molar-refractivity contribution < 1.29 is 27.0 Å². The molecule has 0 radical (unpaired) electrons. The largest absolute Gasteiger partial charge is 0.481 e. The molecule has 0 saturated heterocycles. The first-order valence-corrected chi connectivity index (χ1v) is 9.69. The summed E-state index contributed by atoms with van der Waals surface area (Å²) in [6, 6.07) is 11.5. The smallest absolute Gasteiger partial charge is 0.300 e. The molecule has 2 aromatic carbocycles. The van der Waals surface area contributed by atoms with Crippen molar-refractivity contribution in [1.29, 1.82) is 0 Å². The van der Waals surface area contributed by atoms with E-state index in [4.69, 9.17) is 45.3 Å². The Morgan fingerprint density at radius 3 is 2.31 bits per heavy atom. The molecule has 0 bridgehead atoms. The number of nitrogens with zero attached hydrogens (tertiary/aromatic N) is 1. The average Bonchev–Trinajstić information content (AvgIpc) is 3.14. The van der Waals surface area contributed by atoms with Gasteiger partial charge in [-0.1, -0.05) is 35.3 Å². The van der Waals surface area contributed by atoms with E-state index in [1.165, 1.54) is 11.3 Å². The standard InChI is InChI=1S/C7H4ClNS2.C7H4ClNS.C2H4O2.Fe/c8-4-2-1-3-5-6(4)11-7(10)9-5;8-5-2-1-3-6-7(5)10-4-9-6;1-2(3)4;/h1-3H,(H,9,10);1-4H;1H3,(H,3,4);. The molecule has 0 aliphatic heterocycles. The van der Waals surface area contributed by atoms with E-state index in [-0.39, 0.29) is 17.1 Å². The van der Waals surface area contributed by atoms with E-state index in [0.717, 1.165) is 41.4 Å². The number of hydrogen-bond donors (Lipinski definition) is 2. The molecule has 4 rings (SSSR count). The van der Waals surface area contributed by atoms with Crippen LogP contribution in [0.15, 0.2) is 41.9 Å². The Kier molecular flexibility index (Phi) is 9.74. The van der Waals surface area contributed by atoms with Crippen molar-refractivity contribution in [3.8, 4) is 0 Å². The van der Waals surface area contributed by atoms with Gasteiger partial charge in [-0.05, 0) is 36.5 Å². The van der Waals surface area contributed by atoms with Crippen LogP contribution in [0.1, 0.15) is 6.92 Å². The number of rotatable bonds is 0. The average molecular weight is 487 g/mol. The predicted molar refractivity (Wildman–Crippen MR) is 110 cm³/mol. The minimum atomic E-state index is -0.833. The van der Waals surface area contributed by atoms with Gasteiger partial charge < -0.3 is 10.1 Å². The molecule has 0 atom stereocenters. The van der Waals surface area contributed by atoms with Gasteiger partial charge in [0.1, 0.15) is 0 Å². The van der Waals surface area contributed by atoms with Gasteiger partial charge in [0.05, 0.1) is 36.0 Å². The Labute approximate surface area is 183 Å². The minimum Gasteiger partial charge on any atom is -0.481 e. The Morgan fingerprint density at radius 1 is 1.15 bits per heavy atom. The first-order valence-electron chi connectivity index (χ1n) is 6.83. The zero-order valence-corrected chi connectivity index (χ0v) is 18.2. The van der Waals surface area contributed by atoms with Crippen LogP contribution in [0.3, 0.4) is 0 Å². The first kappa shape index (κ1) is 23.0. The van der Waals surface area contributed by atoms with Gasteiger partial charge in [-0.15, -0.1) is 22.7 Å². The van der Waals surface area contributed by atoms with Gasteiger partial charge in [0.2, 0.25) is 0 Å². The number of carboxylic acids is 1. The maximum absolute atomic E-state index is 9.00. The third-order valence-corrected chi connectivity index (χ3v) is 5.72. The summed E-state index contributed by atoms with van der Waals surface area (Å²) in [7, 11) is 0. The number of halogens is 2. The van der Waals surface area contributed by atoms with Crippen molar-refractivity contribution >= 4 is 84.5 Å². The van der Waals surface area contributed by atoms with Crippen molar-refractivity contribution in [2.24, 2.45) is 0 Å². The van der Waals surface area contributed by atoms with Crippen molar-refractivity contribution in [3.63, 3.8) is 0 Å². The SMILES string of the molecule is CC(=O)O.Clc1cccc2ncsc12.S=c1[nH]c2cccc(Cl)c2s1.[Fe]. The summed E-state index contributed by atoms with van der Waals surface area (Å²) in [4.78, 5) is 16.2. The third-order valence-electron chi connectivity index (χ3n) is 2.71. The molecule has 10 heteroatoms. The number of aliphatic carboxylic acids is 1. The molecule has 4 aromatic rings. The van der Waals surface area contributed by atoms with E-state index in [1.54, 1.807) is 16.8 Å². The van der Waals surface area contributed by atoms with Gasteiger partial charge in [0, 0.05) is 24.0 Å². The summed E-state index contributed by atoms with van der Waals surface area (Å²) >= 11 is 19.8. The van der Waals surface area contributed by atoms with Gasteiger partial charge in [0.25, 0.3) is 5.97 Å². The Morgan fingerprint density at radius 2 is 1.73 bits per heavy atom. The fourth-order valence-electron chi connectivity index (χ4n) is 1.79. The monoisotopic (exact) mass is 486 g/mol. The van der Waals surface area contributed by atoms with Gasteiger partial charge in [0.15, 0.2) is 3.95 Å². The molecule has 26 heavy (non-hydrogen) atoms. The van der Waals surface area contributed by atoms with Crippen molar-refractivity contribution in [2.75, 3.05) is 0 Å². The fourth-order valence-corrected chi connectivity index (χ4v) is 4.18. The molecule has 0 spiro atoms. The molecule has 0 aliphatic rings. The maximum Gasteiger partial charge on any atom is 0.300 e. The Bertz CT molecular complexity index is 1060. The normalized spacial score (nSPS) is 9.50. The molecule has 4 nitrogen and oxygen atoms in total. The van der Waals surface area contributed by atoms with Gasteiger partial charge >= 0.3 is 0 Å². The zero-order valence-electron chi connectivity index (χ0n) is 13.2. The second kappa shape index (κ2) is 11.0. The topological polar surface area (TPSA) is 66.0 Å². The molecule has 0 amide bonds. The van der Waals surface area contributed by atoms with Gasteiger partial charge in [-0.3, -0.25) is 4.79 Å². The molecule has 0 unspecified atom stereocenters. The van der Waals surface area contributed by atoms with Crippen LogP contribution >= 0.6 is 58.1 Å². The first-order chi connectivity index (χ1) is 11.9. The molecule has 2 heterocycles. The van der Waals surface area contributed by atoms with Crippen LogP contribution in [0, 0.1) is 3.95 Å². The van der Waals surface area contributed by atoms with Gasteiger partial charge in [-0.25, -0.2) is 4.98 Å². The summed E-state index contributed by atoms with van der Waals surface area (Å²) in [6.45, 7) is 1.08. The Balaban J connectivity index is 0.000000211. The number of nitrogens with one attached hydrogen (secondary N) is 1. The Hall–Kier alpha value is -0.991. The number of thiazole rings is 2. The fraction of sp³-hybridized carbons (Fsp3) is 0.0625. The van der Waals surface area contributed by atoms with Crippen LogP contribution in [-0.4, -0.2) is 21.0 Å². The van der Waals surface area contributed by atoms with E-state index in [1.807, 2.05) is 36.4 Å². The molecular formula is C16H12Cl2FeN2O2S3. The summed E-state index contributed by atoms with van der Waals surface area (Å²) in [5.41, 5.74) is 3.81. The number of hydrogen-bond acceptors (Lipinski definition) is 5. The molecular weight excluding hydrogens is 475 g/mol. The minimum absolute atomic E-state index is 0. The molecule has 0 fully saturated rings. The van der Waals surface area contributed by atoms with Crippen LogP contribution < -0.4 is 0 Å². The summed E-state index contributed by atoms with van der Waals surface area (Å²) < 4.78 is 2.89. The van der Waals surface area contributed by atoms with Crippen LogP contribution in [0.2, 0.25) is 10.0 Å². The number of fused-ring (bicyclic) bond motifs is 2. The summed E-state index contributed by atoms with van der Waals surface area (Å²) in [5.74, 6) is -0.833. The maximum atomic E-state index is 9.00. The number of benzene rings is 2. The van der Waals surface area contributed by atoms with E-state index in [0.29, 0.717) is 0 Å². The number of carboxylic acid groups (broad SMARTS) is 1. The number of H-pyrrole nitrogens is 1. The second-order valence-electron chi connectivity index (χ2n) is 4.59. The van der Waals surface area contributed by atoms with Crippen LogP contribution in [0.4, 0.5) is 0 Å². The molecule has 138 valence electrons. The quantitative estimate of drug-likeness (QED) is 0.215. The van der Waals surface area contributed by atoms with E-state index >= 15 is 0 Å². The predicted octanol–water partition coefficient (Wildman–Crippen LogP) is 6.65. The van der Waals surface area contributed by atoms with E-state index in [2.05, 4.69) is 9.97 Å². The van der Waals surface area contributed by atoms with Crippen LogP contribution in [-0.2, 0) is 21.9 Å². The molecule has 0 saturated carbocycles. The summed E-state index contributed by atoms with van der Waals surface area (Å²) in [6.07, 6.45) is 0. The van der Waals surface area contributed by atoms with Crippen molar-refractivity contribution in [3.05, 3.63) is 55.9 Å². The number of aromatic amines is 1.